The van der Waals surface area contributed by atoms with E-state index in [4.69, 9.17) is 14.6 Å². The Kier molecular flexibility index (Phi) is 6.89. The van der Waals surface area contributed by atoms with Gasteiger partial charge in [0.05, 0.1) is 24.8 Å². The average Bonchev–Trinajstić information content (AvgIpc) is 2.61. The summed E-state index contributed by atoms with van der Waals surface area (Å²) in [7, 11) is 0. The molecular weight excluding hydrogens is 395 g/mol. The van der Waals surface area contributed by atoms with Gasteiger partial charge in [-0.05, 0) is 33.3 Å². The molecule has 1 unspecified atom stereocenters. The Morgan fingerprint density at radius 1 is 1.24 bits per heavy atom. The first-order valence-corrected chi connectivity index (χ1v) is 8.94. The van der Waals surface area contributed by atoms with E-state index in [1.165, 1.54) is 4.90 Å². The molecule has 2 rings (SSSR count). The fraction of sp³-hybridized carbons (Fsp3) is 0.526. The first-order valence-electron chi connectivity index (χ1n) is 8.94. The van der Waals surface area contributed by atoms with Crippen LogP contribution in [0, 0.1) is 17.5 Å². The van der Waals surface area contributed by atoms with Gasteiger partial charge in [0, 0.05) is 13.0 Å². The van der Waals surface area contributed by atoms with Crippen molar-refractivity contribution >= 4 is 17.8 Å². The van der Waals surface area contributed by atoms with Crippen molar-refractivity contribution in [2.45, 2.75) is 45.3 Å². The molecule has 1 saturated heterocycles. The van der Waals surface area contributed by atoms with Crippen LogP contribution < -0.4 is 0 Å². The Morgan fingerprint density at radius 3 is 2.48 bits per heavy atom. The summed E-state index contributed by atoms with van der Waals surface area (Å²) >= 11 is 0. The number of rotatable bonds is 5. The second-order valence-electron chi connectivity index (χ2n) is 7.60. The zero-order valence-corrected chi connectivity index (χ0v) is 16.3. The van der Waals surface area contributed by atoms with Crippen molar-refractivity contribution in [3.05, 3.63) is 34.6 Å². The van der Waals surface area contributed by atoms with E-state index in [1.54, 1.807) is 20.8 Å². The maximum absolute atomic E-state index is 14.0. The molecule has 1 N–H and O–H groups in total. The maximum atomic E-state index is 14.0. The third-order valence-electron chi connectivity index (χ3n) is 4.15. The summed E-state index contributed by atoms with van der Waals surface area (Å²) in [6, 6.07) is 0.273. The summed E-state index contributed by atoms with van der Waals surface area (Å²) in [5.41, 5.74) is -3.00. The Morgan fingerprint density at radius 2 is 1.90 bits per heavy atom. The van der Waals surface area contributed by atoms with E-state index >= 15 is 0 Å². The highest BCUT2D eigenvalue weighted by atomic mass is 19.2. The molecule has 1 aromatic carbocycles. The van der Waals surface area contributed by atoms with Crippen LogP contribution >= 0.6 is 0 Å². The number of ketones is 1. The van der Waals surface area contributed by atoms with Crippen LogP contribution in [0.15, 0.2) is 6.07 Å². The SMILES string of the molecule is CC(C)(C)OC(=O)N1CCOC(CCC(=O)c2c(F)cc(C(=O)O)c(F)c2F)C1. The lowest BCUT2D eigenvalue weighted by molar-refractivity contribution is -0.0443. The van der Waals surface area contributed by atoms with E-state index in [1.807, 2.05) is 0 Å². The predicted molar refractivity (Wildman–Crippen MR) is 94.4 cm³/mol. The number of amides is 1. The molecule has 0 aromatic heterocycles. The highest BCUT2D eigenvalue weighted by Gasteiger charge is 2.30. The summed E-state index contributed by atoms with van der Waals surface area (Å²) in [5, 5.41) is 8.74. The maximum Gasteiger partial charge on any atom is 0.410 e. The molecule has 0 bridgehead atoms. The van der Waals surface area contributed by atoms with E-state index in [2.05, 4.69) is 0 Å². The number of carboxylic acids is 1. The van der Waals surface area contributed by atoms with E-state index in [-0.39, 0.29) is 32.1 Å². The fourth-order valence-corrected chi connectivity index (χ4v) is 2.81. The van der Waals surface area contributed by atoms with Crippen LogP contribution in [0.25, 0.3) is 0 Å². The van der Waals surface area contributed by atoms with E-state index in [9.17, 15) is 27.6 Å². The average molecular weight is 417 g/mol. The van der Waals surface area contributed by atoms with Crippen LogP contribution in [-0.4, -0.2) is 59.3 Å². The standard InChI is InChI=1S/C19H22F3NO6/c1-19(2,3)29-18(27)23-6-7-28-10(9-23)4-5-13(24)14-12(20)8-11(17(25)26)15(21)16(14)22/h8,10H,4-7,9H2,1-3H3,(H,25,26). The molecule has 0 radical (unpaired) electrons. The lowest BCUT2D eigenvalue weighted by Gasteiger charge is -2.34. The summed E-state index contributed by atoms with van der Waals surface area (Å²) < 4.78 is 52.5. The van der Waals surface area contributed by atoms with Crippen LogP contribution in [0.3, 0.4) is 0 Å². The number of carboxylic acid groups (broad SMARTS) is 1. The quantitative estimate of drug-likeness (QED) is 0.583. The van der Waals surface area contributed by atoms with Crippen molar-refractivity contribution in [1.82, 2.24) is 4.90 Å². The van der Waals surface area contributed by atoms with Gasteiger partial charge in [-0.15, -0.1) is 0 Å². The van der Waals surface area contributed by atoms with Gasteiger partial charge in [0.2, 0.25) is 0 Å². The molecule has 1 aromatic rings. The van der Waals surface area contributed by atoms with E-state index < -0.39 is 58.1 Å². The number of hydrogen-bond donors (Lipinski definition) is 1. The minimum Gasteiger partial charge on any atom is -0.478 e. The molecule has 1 fully saturated rings. The summed E-state index contributed by atoms with van der Waals surface area (Å²) in [4.78, 5) is 36.5. The van der Waals surface area contributed by atoms with Crippen LogP contribution in [0.1, 0.15) is 54.3 Å². The minimum atomic E-state index is -1.85. The Hall–Kier alpha value is -2.62. The molecule has 0 aliphatic carbocycles. The molecule has 29 heavy (non-hydrogen) atoms. The molecule has 7 nitrogen and oxygen atoms in total. The zero-order valence-electron chi connectivity index (χ0n) is 16.3. The van der Waals surface area contributed by atoms with Crippen LogP contribution in [0.5, 0.6) is 0 Å². The predicted octanol–water partition coefficient (Wildman–Crippen LogP) is 3.40. The lowest BCUT2D eigenvalue weighted by Crippen LogP contribution is -2.47. The number of nitrogens with zero attached hydrogens (tertiary/aromatic N) is 1. The summed E-state index contributed by atoms with van der Waals surface area (Å²) in [5.74, 6) is -7.98. The lowest BCUT2D eigenvalue weighted by atomic mass is 10.0. The number of carbonyl (C=O) groups excluding carboxylic acids is 2. The van der Waals surface area contributed by atoms with Crippen molar-refractivity contribution in [2.75, 3.05) is 19.7 Å². The number of ether oxygens (including phenoxy) is 2. The smallest absolute Gasteiger partial charge is 0.410 e. The first kappa shape index (κ1) is 22.7. The Labute approximate surface area is 165 Å². The van der Waals surface area contributed by atoms with Crippen LogP contribution in [-0.2, 0) is 9.47 Å². The number of halogens is 3. The van der Waals surface area contributed by atoms with Crippen molar-refractivity contribution in [3.8, 4) is 0 Å². The third-order valence-corrected chi connectivity index (χ3v) is 4.15. The van der Waals surface area contributed by atoms with Crippen LogP contribution in [0.4, 0.5) is 18.0 Å². The monoisotopic (exact) mass is 417 g/mol. The molecule has 10 heteroatoms. The third kappa shape index (κ3) is 5.69. The number of morpholine rings is 1. The van der Waals surface area contributed by atoms with Crippen molar-refractivity contribution in [1.29, 1.82) is 0 Å². The molecule has 0 spiro atoms. The molecular formula is C19H22F3NO6. The molecule has 160 valence electrons. The second kappa shape index (κ2) is 8.81. The van der Waals surface area contributed by atoms with Crippen molar-refractivity contribution in [3.63, 3.8) is 0 Å². The summed E-state index contributed by atoms with van der Waals surface area (Å²) in [6.45, 7) is 5.78. The van der Waals surface area contributed by atoms with Gasteiger partial charge in [0.25, 0.3) is 0 Å². The Balaban J connectivity index is 2.03. The number of aromatic carboxylic acids is 1. The first-order chi connectivity index (χ1) is 13.4. The molecule has 0 saturated carbocycles. The normalized spacial score (nSPS) is 17.2. The molecule has 1 aliphatic heterocycles. The largest absolute Gasteiger partial charge is 0.478 e. The highest BCUT2D eigenvalue weighted by Crippen LogP contribution is 2.23. The zero-order chi connectivity index (χ0) is 21.9. The van der Waals surface area contributed by atoms with E-state index in [0.29, 0.717) is 6.54 Å². The molecule has 1 amide bonds. The van der Waals surface area contributed by atoms with Gasteiger partial charge in [-0.1, -0.05) is 0 Å². The summed E-state index contributed by atoms with van der Waals surface area (Å²) in [6.07, 6.45) is -1.47. The number of hydrogen-bond acceptors (Lipinski definition) is 5. The van der Waals surface area contributed by atoms with E-state index in [0.717, 1.165) is 0 Å². The molecule has 1 aliphatic rings. The molecule has 1 atom stereocenters. The van der Waals surface area contributed by atoms with Crippen molar-refractivity contribution in [2.24, 2.45) is 0 Å². The van der Waals surface area contributed by atoms with Crippen LogP contribution in [0.2, 0.25) is 0 Å². The minimum absolute atomic E-state index is 0.0271. The Bertz CT molecular complexity index is 821. The number of Topliss-reactive ketones (excluding diaryl/α,β-unsaturated/α-hetero) is 1. The van der Waals surface area contributed by atoms with Gasteiger partial charge >= 0.3 is 12.1 Å². The van der Waals surface area contributed by atoms with Gasteiger partial charge in [-0.25, -0.2) is 22.8 Å². The van der Waals surface area contributed by atoms with Gasteiger partial charge in [-0.2, -0.15) is 0 Å². The van der Waals surface area contributed by atoms with Crippen molar-refractivity contribution < 1.29 is 42.1 Å². The number of carbonyl (C=O) groups is 3. The molecule has 1 heterocycles. The second-order valence-corrected chi connectivity index (χ2v) is 7.60. The van der Waals surface area contributed by atoms with Gasteiger partial charge < -0.3 is 19.5 Å². The fourth-order valence-electron chi connectivity index (χ4n) is 2.81. The van der Waals surface area contributed by atoms with Gasteiger partial charge in [-0.3, -0.25) is 4.79 Å². The van der Waals surface area contributed by atoms with Gasteiger partial charge in [0.1, 0.15) is 17.0 Å². The number of benzene rings is 1. The topological polar surface area (TPSA) is 93.1 Å². The van der Waals surface area contributed by atoms with Gasteiger partial charge in [0.15, 0.2) is 17.4 Å². The highest BCUT2D eigenvalue weighted by molar-refractivity contribution is 5.98.